The largest absolute Gasteiger partial charge is 0.301 e. The highest BCUT2D eigenvalue weighted by Gasteiger charge is 2.13. The third kappa shape index (κ3) is 4.15. The summed E-state index contributed by atoms with van der Waals surface area (Å²) in [6.45, 7) is 2.06. The van der Waals surface area contributed by atoms with Crippen molar-refractivity contribution in [3.63, 3.8) is 0 Å². The maximum atomic E-state index is 12.7. The Morgan fingerprint density at radius 3 is 2.63 bits per heavy atom. The van der Waals surface area contributed by atoms with E-state index in [4.69, 9.17) is 0 Å². The van der Waals surface area contributed by atoms with Crippen LogP contribution in [-0.2, 0) is 6.42 Å². The molecular formula is C22H20N2OS2. The molecule has 0 saturated heterocycles. The van der Waals surface area contributed by atoms with Crippen LogP contribution in [0, 0.1) is 6.92 Å². The zero-order valence-corrected chi connectivity index (χ0v) is 16.7. The number of nitrogens with one attached hydrogen (secondary N) is 1. The molecular weight excluding hydrogens is 372 g/mol. The lowest BCUT2D eigenvalue weighted by Gasteiger charge is -2.03. The minimum atomic E-state index is -0.0533. The minimum Gasteiger partial charge on any atom is -0.301 e. The molecule has 4 aromatic rings. The second-order valence-electron chi connectivity index (χ2n) is 6.50. The third-order valence-corrected chi connectivity index (χ3v) is 6.31. The molecule has 0 atom stereocenters. The highest BCUT2D eigenvalue weighted by molar-refractivity contribution is 7.99. The van der Waals surface area contributed by atoms with Crippen LogP contribution in [0.2, 0.25) is 0 Å². The number of H-pyrrole nitrogens is 1. The normalized spacial score (nSPS) is 11.1. The predicted molar refractivity (Wildman–Crippen MR) is 116 cm³/mol. The van der Waals surface area contributed by atoms with E-state index >= 15 is 0 Å². The summed E-state index contributed by atoms with van der Waals surface area (Å²) in [4.78, 5) is 21.1. The van der Waals surface area contributed by atoms with E-state index in [0.29, 0.717) is 10.5 Å². The Bertz CT molecular complexity index is 1100. The molecule has 0 aliphatic carbocycles. The van der Waals surface area contributed by atoms with Crippen LogP contribution in [0.5, 0.6) is 0 Å². The van der Waals surface area contributed by atoms with E-state index in [0.717, 1.165) is 34.6 Å². The molecule has 1 N–H and O–H groups in total. The molecule has 0 amide bonds. The van der Waals surface area contributed by atoms with Crippen molar-refractivity contribution >= 4 is 33.3 Å². The predicted octanol–water partition coefficient (Wildman–Crippen LogP) is 5.68. The first kappa shape index (κ1) is 18.0. The summed E-state index contributed by atoms with van der Waals surface area (Å²) in [5, 5.41) is 3.43. The van der Waals surface area contributed by atoms with Gasteiger partial charge in [-0.15, -0.1) is 11.3 Å². The topological polar surface area (TPSA) is 45.8 Å². The molecule has 5 heteroatoms. The standard InChI is InChI=1S/C22H20N2OS2/c1-15-9-11-17(12-10-15)18-14-27-21-19(18)20(25)23-22(24-21)26-13-5-8-16-6-3-2-4-7-16/h2-4,6-7,9-12,14H,5,8,13H2,1H3,(H,23,24,25). The van der Waals surface area contributed by atoms with Crippen LogP contribution in [0.15, 0.2) is 69.9 Å². The minimum absolute atomic E-state index is 0.0533. The van der Waals surface area contributed by atoms with Crippen LogP contribution in [0.25, 0.3) is 21.3 Å². The van der Waals surface area contributed by atoms with Crippen molar-refractivity contribution in [2.45, 2.75) is 24.9 Å². The molecule has 2 aromatic carbocycles. The molecule has 0 aliphatic rings. The first-order valence-electron chi connectivity index (χ1n) is 8.96. The fourth-order valence-corrected chi connectivity index (χ4v) is 4.84. The molecule has 0 fully saturated rings. The Labute approximate surface area is 166 Å². The lowest BCUT2D eigenvalue weighted by atomic mass is 10.1. The number of rotatable bonds is 6. The summed E-state index contributed by atoms with van der Waals surface area (Å²) < 4.78 is 0. The number of aryl methyl sites for hydroxylation is 2. The summed E-state index contributed by atoms with van der Waals surface area (Å²) >= 11 is 3.15. The van der Waals surface area contributed by atoms with Crippen LogP contribution in [0.4, 0.5) is 0 Å². The van der Waals surface area contributed by atoms with Crippen LogP contribution >= 0.6 is 23.1 Å². The Morgan fingerprint density at radius 2 is 1.85 bits per heavy atom. The molecule has 4 rings (SSSR count). The van der Waals surface area contributed by atoms with Gasteiger partial charge in [0.25, 0.3) is 5.56 Å². The zero-order chi connectivity index (χ0) is 18.6. The van der Waals surface area contributed by atoms with E-state index in [9.17, 15) is 4.79 Å². The molecule has 0 bridgehead atoms. The number of thiophene rings is 1. The molecule has 0 spiro atoms. The van der Waals surface area contributed by atoms with Gasteiger partial charge in [-0.1, -0.05) is 71.9 Å². The van der Waals surface area contributed by atoms with Crippen molar-refractivity contribution in [3.05, 3.63) is 81.5 Å². The Hall–Kier alpha value is -2.37. The van der Waals surface area contributed by atoms with Gasteiger partial charge in [0, 0.05) is 16.7 Å². The van der Waals surface area contributed by atoms with E-state index in [1.54, 1.807) is 11.8 Å². The lowest BCUT2D eigenvalue weighted by Crippen LogP contribution is -2.08. The number of fused-ring (bicyclic) bond motifs is 1. The molecule has 0 aliphatic heterocycles. The Balaban J connectivity index is 1.49. The number of hydrogen-bond acceptors (Lipinski definition) is 4. The van der Waals surface area contributed by atoms with Gasteiger partial charge in [0.05, 0.1) is 5.39 Å². The molecule has 136 valence electrons. The summed E-state index contributed by atoms with van der Waals surface area (Å²) in [5.41, 5.74) is 4.52. The maximum absolute atomic E-state index is 12.7. The molecule has 0 saturated carbocycles. The summed E-state index contributed by atoms with van der Waals surface area (Å²) in [7, 11) is 0. The summed E-state index contributed by atoms with van der Waals surface area (Å²) in [6.07, 6.45) is 2.09. The molecule has 27 heavy (non-hydrogen) atoms. The highest BCUT2D eigenvalue weighted by Crippen LogP contribution is 2.31. The fraction of sp³-hybridized carbons (Fsp3) is 0.182. The van der Waals surface area contributed by atoms with Gasteiger partial charge in [-0.3, -0.25) is 4.79 Å². The summed E-state index contributed by atoms with van der Waals surface area (Å²) in [5.74, 6) is 0.930. The van der Waals surface area contributed by atoms with Crippen LogP contribution in [0.3, 0.4) is 0 Å². The van der Waals surface area contributed by atoms with Gasteiger partial charge in [0.15, 0.2) is 5.16 Å². The van der Waals surface area contributed by atoms with E-state index < -0.39 is 0 Å². The number of aromatic amines is 1. The van der Waals surface area contributed by atoms with E-state index in [-0.39, 0.29) is 5.56 Å². The SMILES string of the molecule is Cc1ccc(-c2csc3nc(SCCCc4ccccc4)[nH]c(=O)c23)cc1. The molecule has 0 unspecified atom stereocenters. The van der Waals surface area contributed by atoms with Crippen molar-refractivity contribution in [2.75, 3.05) is 5.75 Å². The Morgan fingerprint density at radius 1 is 1.07 bits per heavy atom. The van der Waals surface area contributed by atoms with Gasteiger partial charge in [-0.2, -0.15) is 0 Å². The van der Waals surface area contributed by atoms with Crippen molar-refractivity contribution in [3.8, 4) is 11.1 Å². The molecule has 0 radical (unpaired) electrons. The number of benzene rings is 2. The van der Waals surface area contributed by atoms with E-state index in [2.05, 4.69) is 65.4 Å². The second-order valence-corrected chi connectivity index (χ2v) is 8.45. The van der Waals surface area contributed by atoms with Crippen LogP contribution < -0.4 is 5.56 Å². The van der Waals surface area contributed by atoms with Crippen molar-refractivity contribution in [1.29, 1.82) is 0 Å². The number of nitrogens with zero attached hydrogens (tertiary/aromatic N) is 1. The maximum Gasteiger partial charge on any atom is 0.260 e. The van der Waals surface area contributed by atoms with Gasteiger partial charge >= 0.3 is 0 Å². The van der Waals surface area contributed by atoms with Gasteiger partial charge in [-0.25, -0.2) is 4.98 Å². The second kappa shape index (κ2) is 8.11. The van der Waals surface area contributed by atoms with E-state index in [1.807, 2.05) is 11.4 Å². The number of aromatic nitrogens is 2. The van der Waals surface area contributed by atoms with Gasteiger partial charge in [0.2, 0.25) is 0 Å². The zero-order valence-electron chi connectivity index (χ0n) is 15.1. The molecule has 2 aromatic heterocycles. The van der Waals surface area contributed by atoms with Crippen molar-refractivity contribution in [1.82, 2.24) is 9.97 Å². The molecule has 2 heterocycles. The quantitative estimate of drug-likeness (QED) is 0.261. The highest BCUT2D eigenvalue weighted by atomic mass is 32.2. The first-order chi connectivity index (χ1) is 13.2. The fourth-order valence-electron chi connectivity index (χ4n) is 3.03. The number of thioether (sulfide) groups is 1. The van der Waals surface area contributed by atoms with Crippen LogP contribution in [-0.4, -0.2) is 15.7 Å². The third-order valence-electron chi connectivity index (χ3n) is 4.48. The monoisotopic (exact) mass is 392 g/mol. The number of hydrogen-bond donors (Lipinski definition) is 1. The summed E-state index contributed by atoms with van der Waals surface area (Å²) in [6, 6.07) is 18.7. The first-order valence-corrected chi connectivity index (χ1v) is 10.8. The average Bonchev–Trinajstić information content (AvgIpc) is 3.11. The lowest BCUT2D eigenvalue weighted by molar-refractivity contribution is 0.920. The smallest absolute Gasteiger partial charge is 0.260 e. The van der Waals surface area contributed by atoms with Crippen molar-refractivity contribution in [2.24, 2.45) is 0 Å². The molecule has 3 nitrogen and oxygen atoms in total. The van der Waals surface area contributed by atoms with E-state index in [1.165, 1.54) is 22.5 Å². The van der Waals surface area contributed by atoms with Gasteiger partial charge in [0.1, 0.15) is 4.83 Å². The van der Waals surface area contributed by atoms with Crippen molar-refractivity contribution < 1.29 is 0 Å². The van der Waals surface area contributed by atoms with Crippen LogP contribution in [0.1, 0.15) is 17.5 Å². The Kier molecular flexibility index (Phi) is 5.41. The van der Waals surface area contributed by atoms with Gasteiger partial charge in [-0.05, 0) is 30.9 Å². The van der Waals surface area contributed by atoms with Gasteiger partial charge < -0.3 is 4.98 Å². The average molecular weight is 393 g/mol.